The summed E-state index contributed by atoms with van der Waals surface area (Å²) in [6.07, 6.45) is -0.954. The molecule has 0 bridgehead atoms. The molecule has 13 heavy (non-hydrogen) atoms. The SMILES string of the molecule is N.N.O=S(=O)(O)O.OCC(O)CO. The van der Waals surface area contributed by atoms with Crippen LogP contribution in [0.15, 0.2) is 0 Å². The van der Waals surface area contributed by atoms with E-state index in [0.29, 0.717) is 0 Å². The molecule has 0 saturated heterocycles. The van der Waals surface area contributed by atoms with E-state index < -0.39 is 16.5 Å². The maximum absolute atomic E-state index is 8.74. The minimum absolute atomic E-state index is 0. The maximum atomic E-state index is 8.74. The van der Waals surface area contributed by atoms with Gasteiger partial charge >= 0.3 is 10.4 Å². The van der Waals surface area contributed by atoms with Crippen LogP contribution in [0.3, 0.4) is 0 Å². The van der Waals surface area contributed by atoms with Crippen LogP contribution in [0.2, 0.25) is 0 Å². The summed E-state index contributed by atoms with van der Waals surface area (Å²) >= 11 is 0. The Morgan fingerprint density at radius 2 is 1.15 bits per heavy atom. The molecule has 0 aromatic carbocycles. The zero-order valence-electron chi connectivity index (χ0n) is 6.87. The van der Waals surface area contributed by atoms with Gasteiger partial charge in [-0.25, -0.2) is 0 Å². The Labute approximate surface area is 75.8 Å². The van der Waals surface area contributed by atoms with Crippen molar-refractivity contribution in [3.8, 4) is 0 Å². The van der Waals surface area contributed by atoms with Gasteiger partial charge in [0.15, 0.2) is 0 Å². The molecular weight excluding hydrogens is 208 g/mol. The summed E-state index contributed by atoms with van der Waals surface area (Å²) in [5, 5.41) is 24.0. The van der Waals surface area contributed by atoms with Crippen molar-refractivity contribution in [1.29, 1.82) is 0 Å². The van der Waals surface area contributed by atoms with Gasteiger partial charge in [0.1, 0.15) is 6.10 Å². The second-order valence-corrected chi connectivity index (χ2v) is 2.36. The van der Waals surface area contributed by atoms with Gasteiger partial charge < -0.3 is 27.6 Å². The molecule has 0 atom stereocenters. The highest BCUT2D eigenvalue weighted by Crippen LogP contribution is 1.71. The second kappa shape index (κ2) is 11.7. The molecule has 11 N–H and O–H groups in total. The molecule has 0 heterocycles. The first-order valence-electron chi connectivity index (χ1n) is 2.41. The van der Waals surface area contributed by atoms with Crippen molar-refractivity contribution in [1.82, 2.24) is 12.3 Å². The predicted octanol–water partition coefficient (Wildman–Crippen LogP) is -2.00. The van der Waals surface area contributed by atoms with Crippen molar-refractivity contribution < 1.29 is 32.8 Å². The number of aliphatic hydroxyl groups excluding tert-OH is 3. The summed E-state index contributed by atoms with van der Waals surface area (Å²) in [5.74, 6) is 0. The van der Waals surface area contributed by atoms with Crippen LogP contribution in [0.4, 0.5) is 0 Å². The number of rotatable bonds is 2. The Morgan fingerprint density at radius 1 is 1.00 bits per heavy atom. The third-order valence-electron chi connectivity index (χ3n) is 0.421. The van der Waals surface area contributed by atoms with Crippen molar-refractivity contribution >= 4 is 10.4 Å². The van der Waals surface area contributed by atoms with Gasteiger partial charge in [-0.1, -0.05) is 0 Å². The fourth-order valence-electron chi connectivity index (χ4n) is 0.0577. The summed E-state index contributed by atoms with van der Waals surface area (Å²) in [6, 6.07) is 0. The van der Waals surface area contributed by atoms with E-state index in [1.165, 1.54) is 0 Å². The molecular formula is C3H16N2O7S. The van der Waals surface area contributed by atoms with Gasteiger partial charge in [0.2, 0.25) is 0 Å². The van der Waals surface area contributed by atoms with Crippen LogP contribution in [0.1, 0.15) is 0 Å². The predicted molar refractivity (Wildman–Crippen MR) is 44.4 cm³/mol. The average Bonchev–Trinajstić information content (AvgIpc) is 1.83. The highest BCUT2D eigenvalue weighted by Gasteiger charge is 1.93. The van der Waals surface area contributed by atoms with Crippen LogP contribution in [0.25, 0.3) is 0 Å². The Hall–Kier alpha value is -0.330. The van der Waals surface area contributed by atoms with Crippen LogP contribution in [0.5, 0.6) is 0 Å². The molecule has 0 aliphatic rings. The van der Waals surface area contributed by atoms with E-state index in [-0.39, 0.29) is 25.5 Å². The lowest BCUT2D eigenvalue weighted by atomic mass is 10.4. The molecule has 0 fully saturated rings. The fourth-order valence-corrected chi connectivity index (χ4v) is 0.0577. The van der Waals surface area contributed by atoms with Crippen molar-refractivity contribution in [2.24, 2.45) is 0 Å². The lowest BCUT2D eigenvalue weighted by Crippen LogP contribution is -2.15. The summed E-state index contributed by atoms with van der Waals surface area (Å²) < 4.78 is 31.6. The molecule has 0 amide bonds. The Bertz CT molecular complexity index is 157. The summed E-state index contributed by atoms with van der Waals surface area (Å²) in [4.78, 5) is 0. The first-order chi connectivity index (χ1) is 4.81. The highest BCUT2D eigenvalue weighted by molar-refractivity contribution is 7.79. The van der Waals surface area contributed by atoms with Crippen LogP contribution in [0, 0.1) is 0 Å². The number of aliphatic hydroxyl groups is 3. The van der Waals surface area contributed by atoms with Gasteiger partial charge in [-0.2, -0.15) is 8.42 Å². The minimum atomic E-state index is -4.67. The third kappa shape index (κ3) is 81.0. The average molecular weight is 224 g/mol. The number of hydrogen-bond donors (Lipinski definition) is 7. The molecule has 0 spiro atoms. The minimum Gasteiger partial charge on any atom is -0.394 e. The third-order valence-corrected chi connectivity index (χ3v) is 0.421. The molecule has 0 rings (SSSR count). The van der Waals surface area contributed by atoms with E-state index >= 15 is 0 Å². The zero-order valence-corrected chi connectivity index (χ0v) is 7.68. The van der Waals surface area contributed by atoms with E-state index in [1.54, 1.807) is 0 Å². The summed E-state index contributed by atoms with van der Waals surface area (Å²) in [6.45, 7) is -0.729. The molecule has 0 radical (unpaired) electrons. The standard InChI is InChI=1S/C3H8O3.2H3N.H2O4S/c4-1-3(6)2-5;;;1-5(2,3)4/h3-6H,1-2H2;2*1H3;(H2,1,2,3,4). The highest BCUT2D eigenvalue weighted by atomic mass is 32.3. The molecule has 0 aromatic heterocycles. The first-order valence-corrected chi connectivity index (χ1v) is 3.80. The van der Waals surface area contributed by atoms with E-state index in [1.807, 2.05) is 0 Å². The molecule has 0 saturated carbocycles. The summed E-state index contributed by atoms with van der Waals surface area (Å²) in [7, 11) is -4.67. The summed E-state index contributed by atoms with van der Waals surface area (Å²) in [5.41, 5.74) is 0. The van der Waals surface area contributed by atoms with E-state index in [9.17, 15) is 0 Å². The van der Waals surface area contributed by atoms with Crippen molar-refractivity contribution in [2.45, 2.75) is 6.10 Å². The molecule has 0 aromatic rings. The van der Waals surface area contributed by atoms with Gasteiger partial charge in [-0.3, -0.25) is 9.11 Å². The molecule has 9 nitrogen and oxygen atoms in total. The monoisotopic (exact) mass is 224 g/mol. The van der Waals surface area contributed by atoms with E-state index in [4.69, 9.17) is 32.8 Å². The van der Waals surface area contributed by atoms with Gasteiger partial charge in [0.25, 0.3) is 0 Å². The van der Waals surface area contributed by atoms with Gasteiger partial charge in [-0.15, -0.1) is 0 Å². The Morgan fingerprint density at radius 3 is 1.15 bits per heavy atom. The van der Waals surface area contributed by atoms with Crippen LogP contribution in [-0.4, -0.2) is 52.2 Å². The molecule has 10 heteroatoms. The fraction of sp³-hybridized carbons (Fsp3) is 1.00. The van der Waals surface area contributed by atoms with Crippen molar-refractivity contribution in [3.63, 3.8) is 0 Å². The molecule has 0 aliphatic carbocycles. The normalized spacial score (nSPS) is 9.08. The van der Waals surface area contributed by atoms with Gasteiger partial charge in [-0.05, 0) is 0 Å². The topological polar surface area (TPSA) is 205 Å². The zero-order chi connectivity index (χ0) is 9.49. The van der Waals surface area contributed by atoms with Gasteiger partial charge in [0, 0.05) is 0 Å². The van der Waals surface area contributed by atoms with Crippen LogP contribution in [-0.2, 0) is 10.4 Å². The van der Waals surface area contributed by atoms with Crippen LogP contribution >= 0.6 is 0 Å². The Kier molecular flexibility index (Phi) is 20.6. The maximum Gasteiger partial charge on any atom is 0.394 e. The van der Waals surface area contributed by atoms with Crippen LogP contribution < -0.4 is 12.3 Å². The lowest BCUT2D eigenvalue weighted by molar-refractivity contribution is 0.0450. The van der Waals surface area contributed by atoms with Gasteiger partial charge in [0.05, 0.1) is 13.2 Å². The smallest absolute Gasteiger partial charge is 0.394 e. The largest absolute Gasteiger partial charge is 0.394 e. The molecule has 86 valence electrons. The quantitative estimate of drug-likeness (QED) is 0.258. The molecule has 0 aliphatic heterocycles. The Balaban J connectivity index is -0.0000000546. The number of hydrogen-bond acceptors (Lipinski definition) is 7. The lowest BCUT2D eigenvalue weighted by Gasteiger charge is -1.96. The molecule has 0 unspecified atom stereocenters. The first kappa shape index (κ1) is 23.0. The van der Waals surface area contributed by atoms with E-state index in [0.717, 1.165) is 0 Å². The second-order valence-electron chi connectivity index (χ2n) is 1.47. The van der Waals surface area contributed by atoms with E-state index in [2.05, 4.69) is 0 Å². The van der Waals surface area contributed by atoms with Crippen molar-refractivity contribution in [2.75, 3.05) is 13.2 Å². The van der Waals surface area contributed by atoms with Crippen molar-refractivity contribution in [3.05, 3.63) is 0 Å².